The molecule has 0 atom stereocenters. The van der Waals surface area contributed by atoms with Gasteiger partial charge in [-0.15, -0.1) is 0 Å². The fourth-order valence-electron chi connectivity index (χ4n) is 1.25. The summed E-state index contributed by atoms with van der Waals surface area (Å²) in [6, 6.07) is 11.3. The van der Waals surface area contributed by atoms with Crippen LogP contribution in [0.25, 0.3) is 11.3 Å². The van der Waals surface area contributed by atoms with Crippen LogP contribution in [0, 0.1) is 23.2 Å². The Morgan fingerprint density at radius 3 is 2.53 bits per heavy atom. The van der Waals surface area contributed by atoms with Crippen LogP contribution < -0.4 is 0 Å². The molecule has 0 aliphatic carbocycles. The monoisotopic (exact) mass is 193 g/mol. The van der Waals surface area contributed by atoms with Gasteiger partial charge in [0.25, 0.3) is 0 Å². The predicted molar refractivity (Wildman–Crippen MR) is 56.5 cm³/mol. The summed E-state index contributed by atoms with van der Waals surface area (Å²) in [6.07, 6.45) is 1.71. The average Bonchev–Trinajstić information content (AvgIpc) is 2.80. The fourth-order valence-corrected chi connectivity index (χ4v) is 1.25. The zero-order valence-electron chi connectivity index (χ0n) is 7.86. The van der Waals surface area contributed by atoms with E-state index in [1.807, 2.05) is 30.3 Å². The summed E-state index contributed by atoms with van der Waals surface area (Å²) in [6.45, 7) is 0. The number of nitrogens with one attached hydrogen (secondary N) is 1. The third-order valence-electron chi connectivity index (χ3n) is 1.96. The molecule has 0 aliphatic heterocycles. The van der Waals surface area contributed by atoms with Crippen molar-refractivity contribution in [1.29, 1.82) is 5.26 Å². The molecule has 0 amide bonds. The van der Waals surface area contributed by atoms with Crippen molar-refractivity contribution in [2.45, 2.75) is 0 Å². The fraction of sp³-hybridized carbons (Fsp3) is 0. The number of H-pyrrole nitrogens is 1. The minimum absolute atomic E-state index is 0.833. The molecule has 2 rings (SSSR count). The second kappa shape index (κ2) is 4.13. The van der Waals surface area contributed by atoms with Crippen molar-refractivity contribution in [3.8, 4) is 29.2 Å². The van der Waals surface area contributed by atoms with Crippen LogP contribution in [0.15, 0.2) is 36.5 Å². The first-order valence-electron chi connectivity index (χ1n) is 4.40. The highest BCUT2D eigenvalue weighted by atomic mass is 15.1. The highest BCUT2D eigenvalue weighted by Gasteiger charge is 1.97. The Hall–Kier alpha value is -2.52. The van der Waals surface area contributed by atoms with Gasteiger partial charge in [-0.2, -0.15) is 10.4 Å². The molecule has 3 heteroatoms. The Morgan fingerprint density at radius 2 is 1.93 bits per heavy atom. The molecule has 0 radical (unpaired) electrons. The molecule has 0 bridgehead atoms. The summed E-state index contributed by atoms with van der Waals surface area (Å²) >= 11 is 0. The van der Waals surface area contributed by atoms with Gasteiger partial charge in [-0.05, 0) is 23.8 Å². The zero-order chi connectivity index (χ0) is 10.5. The Morgan fingerprint density at radius 1 is 1.13 bits per heavy atom. The number of aromatic amines is 1. The zero-order valence-corrected chi connectivity index (χ0v) is 7.86. The lowest BCUT2D eigenvalue weighted by molar-refractivity contribution is 1.10. The number of nitrogens with zero attached hydrogens (tertiary/aromatic N) is 2. The van der Waals surface area contributed by atoms with Gasteiger partial charge in [-0.1, -0.05) is 18.1 Å². The van der Waals surface area contributed by atoms with Crippen molar-refractivity contribution in [3.05, 3.63) is 42.1 Å². The highest BCUT2D eigenvalue weighted by molar-refractivity contribution is 5.59. The summed E-state index contributed by atoms with van der Waals surface area (Å²) in [5, 5.41) is 15.0. The maximum atomic E-state index is 8.30. The number of hydrogen-bond acceptors (Lipinski definition) is 2. The van der Waals surface area contributed by atoms with Gasteiger partial charge in [0.15, 0.2) is 6.07 Å². The maximum absolute atomic E-state index is 8.30. The smallest absolute Gasteiger partial charge is 0.152 e. The average molecular weight is 193 g/mol. The van der Waals surface area contributed by atoms with E-state index in [1.165, 1.54) is 0 Å². The Labute approximate surface area is 87.4 Å². The van der Waals surface area contributed by atoms with Gasteiger partial charge < -0.3 is 0 Å². The van der Waals surface area contributed by atoms with E-state index in [0.29, 0.717) is 0 Å². The third-order valence-corrected chi connectivity index (χ3v) is 1.96. The molecular weight excluding hydrogens is 186 g/mol. The minimum atomic E-state index is 0.833. The van der Waals surface area contributed by atoms with Crippen molar-refractivity contribution < 1.29 is 0 Å². The predicted octanol–water partition coefficient (Wildman–Crippen LogP) is 1.95. The summed E-state index contributed by atoms with van der Waals surface area (Å²) in [5.41, 5.74) is 2.85. The van der Waals surface area contributed by atoms with Crippen molar-refractivity contribution in [2.75, 3.05) is 0 Å². The molecule has 70 valence electrons. The lowest BCUT2D eigenvalue weighted by atomic mass is 10.1. The van der Waals surface area contributed by atoms with Crippen LogP contribution in [-0.2, 0) is 0 Å². The van der Waals surface area contributed by atoms with Crippen LogP contribution in [-0.4, -0.2) is 10.2 Å². The molecule has 0 saturated heterocycles. The number of rotatable bonds is 1. The third kappa shape index (κ3) is 2.04. The first kappa shape index (κ1) is 9.05. The second-order valence-corrected chi connectivity index (χ2v) is 2.91. The number of aromatic nitrogens is 2. The first-order chi connectivity index (χ1) is 7.40. The van der Waals surface area contributed by atoms with Crippen LogP contribution in [0.1, 0.15) is 5.56 Å². The van der Waals surface area contributed by atoms with Gasteiger partial charge in [-0.25, -0.2) is 0 Å². The van der Waals surface area contributed by atoms with Crippen LogP contribution in [0.5, 0.6) is 0 Å². The van der Waals surface area contributed by atoms with E-state index < -0.39 is 0 Å². The summed E-state index contributed by atoms with van der Waals surface area (Å²) in [4.78, 5) is 0. The Balaban J connectivity index is 2.30. The summed E-state index contributed by atoms with van der Waals surface area (Å²) in [5.74, 6) is 5.08. The molecule has 2 aromatic rings. The van der Waals surface area contributed by atoms with E-state index in [1.54, 1.807) is 12.3 Å². The number of hydrogen-bond donors (Lipinski definition) is 1. The molecule has 0 unspecified atom stereocenters. The van der Waals surface area contributed by atoms with Crippen LogP contribution in [0.2, 0.25) is 0 Å². The van der Waals surface area contributed by atoms with Crippen molar-refractivity contribution >= 4 is 0 Å². The van der Waals surface area contributed by atoms with Crippen molar-refractivity contribution in [3.63, 3.8) is 0 Å². The molecule has 1 aromatic heterocycles. The Bertz CT molecular complexity index is 533. The highest BCUT2D eigenvalue weighted by Crippen LogP contribution is 2.15. The largest absolute Gasteiger partial charge is 0.278 e. The topological polar surface area (TPSA) is 52.5 Å². The van der Waals surface area contributed by atoms with Gasteiger partial charge in [0.2, 0.25) is 0 Å². The van der Waals surface area contributed by atoms with E-state index in [2.05, 4.69) is 22.0 Å². The van der Waals surface area contributed by atoms with Crippen LogP contribution >= 0.6 is 0 Å². The SMILES string of the molecule is N#CC#Cc1ccc(-c2ccn[nH]2)cc1. The van der Waals surface area contributed by atoms with E-state index in [4.69, 9.17) is 5.26 Å². The molecule has 1 aromatic carbocycles. The molecule has 0 spiro atoms. The minimum Gasteiger partial charge on any atom is -0.278 e. The van der Waals surface area contributed by atoms with Crippen molar-refractivity contribution in [1.82, 2.24) is 10.2 Å². The van der Waals surface area contributed by atoms with Crippen molar-refractivity contribution in [2.24, 2.45) is 0 Å². The Kier molecular flexibility index (Phi) is 2.49. The number of benzene rings is 1. The lowest BCUT2D eigenvalue weighted by Crippen LogP contribution is -1.79. The molecule has 1 N–H and O–H groups in total. The van der Waals surface area contributed by atoms with E-state index >= 15 is 0 Å². The molecule has 3 nitrogen and oxygen atoms in total. The summed E-state index contributed by atoms with van der Waals surface area (Å²) < 4.78 is 0. The lowest BCUT2D eigenvalue weighted by Gasteiger charge is -1.96. The first-order valence-corrected chi connectivity index (χ1v) is 4.40. The van der Waals surface area contributed by atoms with Gasteiger partial charge >= 0.3 is 0 Å². The standard InChI is InChI=1S/C12H7N3/c13-8-1-2-10-3-5-11(6-4-10)12-7-9-14-15-12/h3-7,9H,(H,14,15). The normalized spacial score (nSPS) is 8.73. The maximum Gasteiger partial charge on any atom is 0.152 e. The quantitative estimate of drug-likeness (QED) is 0.704. The van der Waals surface area contributed by atoms with E-state index in [9.17, 15) is 0 Å². The van der Waals surface area contributed by atoms with E-state index in [0.717, 1.165) is 16.8 Å². The van der Waals surface area contributed by atoms with Crippen LogP contribution in [0.3, 0.4) is 0 Å². The van der Waals surface area contributed by atoms with Crippen LogP contribution in [0.4, 0.5) is 0 Å². The molecular formula is C12H7N3. The van der Waals surface area contributed by atoms with E-state index in [-0.39, 0.29) is 0 Å². The van der Waals surface area contributed by atoms with Gasteiger partial charge in [0.05, 0.1) is 5.69 Å². The van der Waals surface area contributed by atoms with Gasteiger partial charge in [-0.3, -0.25) is 5.10 Å². The van der Waals surface area contributed by atoms with Gasteiger partial charge in [0, 0.05) is 17.7 Å². The molecule has 1 heterocycles. The molecule has 0 aliphatic rings. The molecule has 0 fully saturated rings. The molecule has 15 heavy (non-hydrogen) atoms. The number of nitriles is 1. The second-order valence-electron chi connectivity index (χ2n) is 2.91. The summed E-state index contributed by atoms with van der Waals surface area (Å²) in [7, 11) is 0. The molecule has 0 saturated carbocycles. The van der Waals surface area contributed by atoms with Gasteiger partial charge in [0.1, 0.15) is 0 Å².